The molecule has 0 saturated carbocycles. The van der Waals surface area contributed by atoms with Gasteiger partial charge in [0.15, 0.2) is 0 Å². The van der Waals surface area contributed by atoms with Gasteiger partial charge in [0.25, 0.3) is 5.91 Å². The average molecular weight is 416 g/mol. The van der Waals surface area contributed by atoms with Gasteiger partial charge in [-0.05, 0) is 61.0 Å². The Balaban J connectivity index is 2.07. The molecule has 2 rings (SSSR count). The molecule has 0 saturated heterocycles. The molecule has 0 spiro atoms. The Morgan fingerprint density at radius 3 is 2.28 bits per heavy atom. The number of anilines is 1. The van der Waals surface area contributed by atoms with Gasteiger partial charge in [0.05, 0.1) is 0 Å². The van der Waals surface area contributed by atoms with Crippen LogP contribution in [0.5, 0.6) is 0 Å². The number of halogens is 1. The third-order valence-corrected chi connectivity index (χ3v) is 5.09. The van der Waals surface area contributed by atoms with E-state index >= 15 is 0 Å². The summed E-state index contributed by atoms with van der Waals surface area (Å²) in [5.41, 5.74) is 2.33. The molecule has 1 atom stereocenters. The molecule has 0 bridgehead atoms. The van der Waals surface area contributed by atoms with Crippen LogP contribution in [0.2, 0.25) is 5.02 Å². The normalized spacial score (nSPS) is 12.1. The number of amides is 2. The van der Waals surface area contributed by atoms with Gasteiger partial charge in [-0.3, -0.25) is 14.5 Å². The van der Waals surface area contributed by atoms with Crippen LogP contribution in [0, 0.1) is 5.92 Å². The highest BCUT2D eigenvalue weighted by Gasteiger charge is 2.25. The topological polar surface area (TPSA) is 61.4 Å². The predicted octanol–water partition coefficient (Wildman–Crippen LogP) is 4.57. The lowest BCUT2D eigenvalue weighted by Crippen LogP contribution is -2.47. The summed E-state index contributed by atoms with van der Waals surface area (Å²) in [6.45, 7) is 10.8. The molecule has 0 aliphatic rings. The summed E-state index contributed by atoms with van der Waals surface area (Å²) in [5.74, 6) is -0.599. The maximum absolute atomic E-state index is 12.9. The predicted molar refractivity (Wildman–Crippen MR) is 119 cm³/mol. The van der Waals surface area contributed by atoms with Gasteiger partial charge in [-0.15, -0.1) is 0 Å². The number of hydrogen-bond acceptors (Lipinski definition) is 3. The molecule has 2 N–H and O–H groups in total. The van der Waals surface area contributed by atoms with Crippen molar-refractivity contribution in [3.05, 3.63) is 64.7 Å². The lowest BCUT2D eigenvalue weighted by atomic mass is 10.0. The summed E-state index contributed by atoms with van der Waals surface area (Å²) in [7, 11) is 0. The Kier molecular flexibility index (Phi) is 8.68. The van der Waals surface area contributed by atoms with Crippen molar-refractivity contribution in [2.75, 3.05) is 18.4 Å². The maximum atomic E-state index is 12.9. The number of nitrogens with zero attached hydrogens (tertiary/aromatic N) is 1. The summed E-state index contributed by atoms with van der Waals surface area (Å²) in [4.78, 5) is 27.7. The molecule has 0 fully saturated rings. The quantitative estimate of drug-likeness (QED) is 0.630. The Labute approximate surface area is 178 Å². The molecule has 2 aromatic carbocycles. The highest BCUT2D eigenvalue weighted by atomic mass is 35.5. The minimum absolute atomic E-state index is 0.0647. The van der Waals surface area contributed by atoms with E-state index in [4.69, 9.17) is 11.6 Å². The third kappa shape index (κ3) is 6.87. The summed E-state index contributed by atoms with van der Waals surface area (Å²) in [6.07, 6.45) is 0. The standard InChI is InChI=1S/C23H30ClN3O2/c1-5-27(6-2)15-17-8-7-9-20(14-17)25-23(29)21(16(3)4)26-22(28)18-10-12-19(24)13-11-18/h7-14,16,21H,5-6,15H2,1-4H3,(H,25,29)(H,26,28). The minimum Gasteiger partial charge on any atom is -0.340 e. The molecular formula is C23H30ClN3O2. The van der Waals surface area contributed by atoms with Crippen LogP contribution < -0.4 is 10.6 Å². The zero-order valence-corrected chi connectivity index (χ0v) is 18.3. The van der Waals surface area contributed by atoms with Crippen LogP contribution in [0.3, 0.4) is 0 Å². The molecule has 5 nitrogen and oxygen atoms in total. The lowest BCUT2D eigenvalue weighted by Gasteiger charge is -2.22. The highest BCUT2D eigenvalue weighted by Crippen LogP contribution is 2.15. The van der Waals surface area contributed by atoms with Gasteiger partial charge in [0.2, 0.25) is 5.91 Å². The van der Waals surface area contributed by atoms with Crippen molar-refractivity contribution in [2.24, 2.45) is 5.92 Å². The van der Waals surface area contributed by atoms with E-state index in [1.165, 1.54) is 0 Å². The molecule has 0 radical (unpaired) electrons. The molecule has 0 heterocycles. The maximum Gasteiger partial charge on any atom is 0.251 e. The first kappa shape index (κ1) is 22.9. The van der Waals surface area contributed by atoms with E-state index in [1.807, 2.05) is 32.0 Å². The zero-order chi connectivity index (χ0) is 21.4. The third-order valence-electron chi connectivity index (χ3n) is 4.84. The fraction of sp³-hybridized carbons (Fsp3) is 0.391. The molecule has 0 aliphatic carbocycles. The molecule has 2 amide bonds. The van der Waals surface area contributed by atoms with Gasteiger partial charge >= 0.3 is 0 Å². The van der Waals surface area contributed by atoms with Crippen molar-refractivity contribution in [3.8, 4) is 0 Å². The van der Waals surface area contributed by atoms with E-state index in [9.17, 15) is 9.59 Å². The minimum atomic E-state index is -0.649. The number of rotatable bonds is 9. The van der Waals surface area contributed by atoms with Crippen molar-refractivity contribution >= 4 is 29.1 Å². The van der Waals surface area contributed by atoms with E-state index in [0.29, 0.717) is 10.6 Å². The Bertz CT molecular complexity index is 817. The van der Waals surface area contributed by atoms with Crippen LogP contribution in [0.4, 0.5) is 5.69 Å². The second kappa shape index (κ2) is 11.0. The van der Waals surface area contributed by atoms with Crippen LogP contribution in [-0.2, 0) is 11.3 Å². The van der Waals surface area contributed by atoms with Gasteiger partial charge in [-0.2, -0.15) is 0 Å². The van der Waals surface area contributed by atoms with Crippen molar-refractivity contribution in [2.45, 2.75) is 40.3 Å². The largest absolute Gasteiger partial charge is 0.340 e. The first-order valence-electron chi connectivity index (χ1n) is 10.0. The summed E-state index contributed by atoms with van der Waals surface area (Å²) >= 11 is 5.88. The molecule has 156 valence electrons. The van der Waals surface area contributed by atoms with E-state index in [1.54, 1.807) is 24.3 Å². The number of carbonyl (C=O) groups excluding carboxylic acids is 2. The first-order chi connectivity index (χ1) is 13.8. The van der Waals surface area contributed by atoms with Crippen LogP contribution >= 0.6 is 11.6 Å². The second-order valence-corrected chi connectivity index (χ2v) is 7.79. The number of carbonyl (C=O) groups is 2. The molecule has 29 heavy (non-hydrogen) atoms. The van der Waals surface area contributed by atoms with Gasteiger partial charge in [-0.1, -0.05) is 51.4 Å². The Hall–Kier alpha value is -2.37. The Morgan fingerprint density at radius 1 is 1.03 bits per heavy atom. The van der Waals surface area contributed by atoms with Crippen LogP contribution in [0.25, 0.3) is 0 Å². The lowest BCUT2D eigenvalue weighted by molar-refractivity contribution is -0.118. The highest BCUT2D eigenvalue weighted by molar-refractivity contribution is 6.30. The van der Waals surface area contributed by atoms with Crippen molar-refractivity contribution in [3.63, 3.8) is 0 Å². The average Bonchev–Trinajstić information content (AvgIpc) is 2.70. The van der Waals surface area contributed by atoms with Crippen molar-refractivity contribution < 1.29 is 9.59 Å². The van der Waals surface area contributed by atoms with E-state index in [0.717, 1.165) is 30.9 Å². The van der Waals surface area contributed by atoms with Gasteiger partial charge < -0.3 is 10.6 Å². The smallest absolute Gasteiger partial charge is 0.251 e. The fourth-order valence-corrected chi connectivity index (χ4v) is 3.16. The summed E-state index contributed by atoms with van der Waals surface area (Å²) in [6, 6.07) is 13.8. The van der Waals surface area contributed by atoms with E-state index in [2.05, 4.69) is 35.4 Å². The van der Waals surface area contributed by atoms with Crippen LogP contribution in [0.1, 0.15) is 43.6 Å². The molecule has 0 aliphatic heterocycles. The molecule has 0 aromatic heterocycles. The number of benzene rings is 2. The van der Waals surface area contributed by atoms with Crippen molar-refractivity contribution in [1.29, 1.82) is 0 Å². The van der Waals surface area contributed by atoms with E-state index in [-0.39, 0.29) is 17.7 Å². The van der Waals surface area contributed by atoms with Crippen LogP contribution in [0.15, 0.2) is 48.5 Å². The molecule has 2 aromatic rings. The monoisotopic (exact) mass is 415 g/mol. The summed E-state index contributed by atoms with van der Waals surface area (Å²) in [5, 5.41) is 6.34. The van der Waals surface area contributed by atoms with E-state index < -0.39 is 6.04 Å². The zero-order valence-electron chi connectivity index (χ0n) is 17.5. The van der Waals surface area contributed by atoms with Crippen molar-refractivity contribution in [1.82, 2.24) is 10.2 Å². The molecule has 6 heteroatoms. The van der Waals surface area contributed by atoms with Gasteiger partial charge in [-0.25, -0.2) is 0 Å². The number of hydrogen-bond donors (Lipinski definition) is 2. The van der Waals surface area contributed by atoms with Gasteiger partial charge in [0.1, 0.15) is 6.04 Å². The first-order valence-corrected chi connectivity index (χ1v) is 10.4. The molecular weight excluding hydrogens is 386 g/mol. The molecule has 1 unspecified atom stereocenters. The van der Waals surface area contributed by atoms with Gasteiger partial charge in [0, 0.05) is 22.8 Å². The second-order valence-electron chi connectivity index (χ2n) is 7.35. The van der Waals surface area contributed by atoms with Crippen LogP contribution in [-0.4, -0.2) is 35.8 Å². The number of nitrogens with one attached hydrogen (secondary N) is 2. The fourth-order valence-electron chi connectivity index (χ4n) is 3.03. The SMILES string of the molecule is CCN(CC)Cc1cccc(NC(=O)C(NC(=O)c2ccc(Cl)cc2)C(C)C)c1. The Morgan fingerprint density at radius 2 is 1.69 bits per heavy atom. The summed E-state index contributed by atoms with van der Waals surface area (Å²) < 4.78 is 0.